The number of hydrogen-bond donors (Lipinski definition) is 3. The number of aromatic nitrogens is 1. The average Bonchev–Trinajstić information content (AvgIpc) is 2.68. The van der Waals surface area contributed by atoms with Gasteiger partial charge < -0.3 is 20.5 Å². The van der Waals surface area contributed by atoms with Gasteiger partial charge in [0, 0.05) is 35.8 Å². The first-order valence-corrected chi connectivity index (χ1v) is 9.02. The third-order valence-corrected chi connectivity index (χ3v) is 4.63. The van der Waals surface area contributed by atoms with Gasteiger partial charge in [0.05, 0.1) is 5.92 Å². The molecule has 3 rings (SSSR count). The van der Waals surface area contributed by atoms with Gasteiger partial charge in [-0.3, -0.25) is 9.78 Å². The summed E-state index contributed by atoms with van der Waals surface area (Å²) in [5, 5.41) is 14.7. The van der Waals surface area contributed by atoms with Crippen LogP contribution < -0.4 is 15.4 Å². The van der Waals surface area contributed by atoms with Crippen molar-refractivity contribution in [1.29, 1.82) is 0 Å². The molecule has 142 valence electrons. The third kappa shape index (κ3) is 5.70. The fraction of sp³-hybridized carbons (Fsp3) is 0.350. The van der Waals surface area contributed by atoms with Gasteiger partial charge >= 0.3 is 12.0 Å². The monoisotopic (exact) mass is 369 g/mol. The Balaban J connectivity index is 1.47. The Hall–Kier alpha value is -3.09. The van der Waals surface area contributed by atoms with Crippen LogP contribution in [-0.4, -0.2) is 28.1 Å². The lowest BCUT2D eigenvalue weighted by molar-refractivity contribution is -0.142. The number of carboxylic acids is 1. The molecule has 1 aromatic heterocycles. The van der Waals surface area contributed by atoms with E-state index in [2.05, 4.69) is 15.6 Å². The zero-order valence-electron chi connectivity index (χ0n) is 14.9. The number of rotatable bonds is 6. The van der Waals surface area contributed by atoms with E-state index in [9.17, 15) is 9.59 Å². The number of benzene rings is 1. The number of anilines is 1. The maximum Gasteiger partial charge on any atom is 0.319 e. The number of carbonyl (C=O) groups is 2. The van der Waals surface area contributed by atoms with E-state index in [1.165, 1.54) is 0 Å². The highest BCUT2D eigenvalue weighted by molar-refractivity contribution is 5.89. The third-order valence-electron chi connectivity index (χ3n) is 4.63. The molecule has 2 amide bonds. The number of pyridine rings is 1. The Morgan fingerprint density at radius 3 is 2.67 bits per heavy atom. The van der Waals surface area contributed by atoms with Gasteiger partial charge in [-0.15, -0.1) is 0 Å². The molecule has 0 radical (unpaired) electrons. The summed E-state index contributed by atoms with van der Waals surface area (Å²) in [6.07, 6.45) is 6.00. The number of aliphatic carboxylic acids is 1. The highest BCUT2D eigenvalue weighted by Gasteiger charge is 2.26. The number of carboxylic acid groups (broad SMARTS) is 1. The number of nitrogens with one attached hydrogen (secondary N) is 2. The molecule has 0 unspecified atom stereocenters. The summed E-state index contributed by atoms with van der Waals surface area (Å²) in [7, 11) is 0. The first kappa shape index (κ1) is 18.7. The molecule has 0 bridgehead atoms. The van der Waals surface area contributed by atoms with Gasteiger partial charge in [-0.05, 0) is 43.9 Å². The summed E-state index contributed by atoms with van der Waals surface area (Å²) in [6.45, 7) is 0.399. The Morgan fingerprint density at radius 2 is 1.96 bits per heavy atom. The summed E-state index contributed by atoms with van der Waals surface area (Å²) in [5.41, 5.74) is 1.60. The minimum Gasteiger partial charge on any atom is -0.489 e. The second-order valence-electron chi connectivity index (χ2n) is 6.66. The molecule has 1 heterocycles. The van der Waals surface area contributed by atoms with Crippen molar-refractivity contribution in [3.8, 4) is 5.75 Å². The fourth-order valence-electron chi connectivity index (χ4n) is 3.15. The van der Waals surface area contributed by atoms with Crippen molar-refractivity contribution >= 4 is 17.7 Å². The lowest BCUT2D eigenvalue weighted by atomic mass is 9.86. The first-order valence-electron chi connectivity index (χ1n) is 9.02. The molecule has 0 saturated heterocycles. The van der Waals surface area contributed by atoms with Crippen LogP contribution in [0.25, 0.3) is 0 Å². The van der Waals surface area contributed by atoms with Gasteiger partial charge in [-0.1, -0.05) is 12.1 Å². The highest BCUT2D eigenvalue weighted by atomic mass is 16.5. The van der Waals surface area contributed by atoms with E-state index >= 15 is 0 Å². The summed E-state index contributed by atoms with van der Waals surface area (Å²) in [5.74, 6) is -0.389. The first-order chi connectivity index (χ1) is 13.1. The lowest BCUT2D eigenvalue weighted by Crippen LogP contribution is -2.40. The summed E-state index contributed by atoms with van der Waals surface area (Å²) in [6, 6.07) is 10.7. The fourth-order valence-corrected chi connectivity index (χ4v) is 3.15. The minimum atomic E-state index is -0.749. The van der Waals surface area contributed by atoms with E-state index in [0.29, 0.717) is 43.7 Å². The summed E-state index contributed by atoms with van der Waals surface area (Å²) >= 11 is 0. The summed E-state index contributed by atoms with van der Waals surface area (Å²) in [4.78, 5) is 27.2. The zero-order chi connectivity index (χ0) is 19.1. The molecule has 7 heteroatoms. The minimum absolute atomic E-state index is 0.00520. The maximum absolute atomic E-state index is 12.2. The van der Waals surface area contributed by atoms with Crippen molar-refractivity contribution in [2.75, 3.05) is 5.32 Å². The van der Waals surface area contributed by atoms with Crippen LogP contribution in [0.3, 0.4) is 0 Å². The maximum atomic E-state index is 12.2. The number of ether oxygens (including phenoxy) is 1. The van der Waals surface area contributed by atoms with Crippen LogP contribution in [0.4, 0.5) is 10.5 Å². The smallest absolute Gasteiger partial charge is 0.319 e. The van der Waals surface area contributed by atoms with Crippen LogP contribution in [-0.2, 0) is 11.4 Å². The molecule has 7 nitrogen and oxygen atoms in total. The molecule has 1 fully saturated rings. The Kier molecular flexibility index (Phi) is 6.25. The summed E-state index contributed by atoms with van der Waals surface area (Å²) < 4.78 is 5.73. The van der Waals surface area contributed by atoms with Gasteiger partial charge in [0.2, 0.25) is 0 Å². The normalized spacial score (nSPS) is 19.1. The van der Waals surface area contributed by atoms with Gasteiger partial charge in [0.1, 0.15) is 12.4 Å². The molecular formula is C20H23N3O4. The van der Waals surface area contributed by atoms with Crippen molar-refractivity contribution < 1.29 is 19.4 Å². The van der Waals surface area contributed by atoms with E-state index < -0.39 is 5.97 Å². The molecule has 27 heavy (non-hydrogen) atoms. The number of urea groups is 1. The van der Waals surface area contributed by atoms with E-state index in [-0.39, 0.29) is 18.0 Å². The van der Waals surface area contributed by atoms with Crippen LogP contribution in [0, 0.1) is 5.92 Å². The predicted octanol–water partition coefficient (Wildman–Crippen LogP) is 3.43. The van der Waals surface area contributed by atoms with Crippen molar-refractivity contribution in [2.24, 2.45) is 5.92 Å². The molecule has 0 atom stereocenters. The second-order valence-corrected chi connectivity index (χ2v) is 6.66. The van der Waals surface area contributed by atoms with Gasteiger partial charge in [0.15, 0.2) is 0 Å². The lowest BCUT2D eigenvalue weighted by Gasteiger charge is -2.26. The molecule has 1 aliphatic rings. The van der Waals surface area contributed by atoms with Crippen LogP contribution >= 0.6 is 0 Å². The topological polar surface area (TPSA) is 101 Å². The van der Waals surface area contributed by atoms with E-state index in [1.54, 1.807) is 24.5 Å². The van der Waals surface area contributed by atoms with Gasteiger partial charge in [-0.25, -0.2) is 4.79 Å². The zero-order valence-corrected chi connectivity index (χ0v) is 14.9. The predicted molar refractivity (Wildman–Crippen MR) is 101 cm³/mol. The van der Waals surface area contributed by atoms with E-state index in [1.807, 2.05) is 24.3 Å². The molecule has 1 aliphatic carbocycles. The molecule has 1 aromatic carbocycles. The molecule has 0 spiro atoms. The quantitative estimate of drug-likeness (QED) is 0.724. The number of hydrogen-bond acceptors (Lipinski definition) is 4. The Bertz CT molecular complexity index is 774. The molecule has 3 N–H and O–H groups in total. The molecule has 1 saturated carbocycles. The Morgan fingerprint density at radius 1 is 1.15 bits per heavy atom. The molecule has 0 aliphatic heterocycles. The SMILES string of the molecule is O=C(Nc1cccc(OCc2cccnc2)c1)NC1CCC(C(=O)O)CC1. The van der Waals surface area contributed by atoms with Crippen LogP contribution in [0.1, 0.15) is 31.2 Å². The molecular weight excluding hydrogens is 346 g/mol. The van der Waals surface area contributed by atoms with Crippen molar-refractivity contribution in [3.05, 3.63) is 54.4 Å². The Labute approximate surface area is 157 Å². The highest BCUT2D eigenvalue weighted by Crippen LogP contribution is 2.24. The van der Waals surface area contributed by atoms with Gasteiger partial charge in [-0.2, -0.15) is 0 Å². The van der Waals surface area contributed by atoms with Crippen LogP contribution in [0.5, 0.6) is 5.75 Å². The van der Waals surface area contributed by atoms with Crippen molar-refractivity contribution in [1.82, 2.24) is 10.3 Å². The van der Waals surface area contributed by atoms with Gasteiger partial charge in [0.25, 0.3) is 0 Å². The van der Waals surface area contributed by atoms with Crippen LogP contribution in [0.15, 0.2) is 48.8 Å². The largest absolute Gasteiger partial charge is 0.489 e. The van der Waals surface area contributed by atoms with E-state index in [4.69, 9.17) is 9.84 Å². The number of amides is 2. The van der Waals surface area contributed by atoms with Crippen molar-refractivity contribution in [2.45, 2.75) is 38.3 Å². The number of nitrogens with zero attached hydrogens (tertiary/aromatic N) is 1. The second kappa shape index (κ2) is 9.02. The molecule has 2 aromatic rings. The average molecular weight is 369 g/mol. The van der Waals surface area contributed by atoms with Crippen LogP contribution in [0.2, 0.25) is 0 Å². The standard InChI is InChI=1S/C20H23N3O4/c24-19(25)15-6-8-16(9-7-15)22-20(26)23-17-4-1-5-18(11-17)27-13-14-3-2-10-21-12-14/h1-5,10-12,15-16H,6-9,13H2,(H,24,25)(H2,22,23,26). The van der Waals surface area contributed by atoms with E-state index in [0.717, 1.165) is 5.56 Å². The van der Waals surface area contributed by atoms with Crippen molar-refractivity contribution in [3.63, 3.8) is 0 Å². The number of carbonyl (C=O) groups excluding carboxylic acids is 1.